The summed E-state index contributed by atoms with van der Waals surface area (Å²) in [5, 5.41) is 16.7. The summed E-state index contributed by atoms with van der Waals surface area (Å²) in [5.41, 5.74) is -0.352. The molecule has 0 aromatic rings. The predicted octanol–water partition coefficient (Wildman–Crippen LogP) is 8.89. The van der Waals surface area contributed by atoms with Gasteiger partial charge in [0.2, 0.25) is 0 Å². The molecule has 0 fully saturated rings. The minimum atomic E-state index is -1.07. The van der Waals surface area contributed by atoms with Crippen LogP contribution in [-0.2, 0) is 38.2 Å². The third kappa shape index (κ3) is 32.0. The minimum Gasteiger partial charge on any atom is -0.481 e. The number of carbonyl (C=O) groups excluding carboxylic acids is 3. The Labute approximate surface area is 295 Å². The van der Waals surface area contributed by atoms with Crippen molar-refractivity contribution in [2.75, 3.05) is 25.2 Å². The highest BCUT2D eigenvalue weighted by Crippen LogP contribution is 2.24. The fourth-order valence-electron chi connectivity index (χ4n) is 3.51. The highest BCUT2D eigenvalue weighted by molar-refractivity contribution is 7.98. The highest BCUT2D eigenvalue weighted by atomic mass is 32.2. The molecule has 0 radical (unpaired) electrons. The summed E-state index contributed by atoms with van der Waals surface area (Å²) >= 11 is 1.94. The van der Waals surface area contributed by atoms with E-state index in [-0.39, 0.29) is 29.6 Å². The Morgan fingerprint density at radius 3 is 1.50 bits per heavy atom. The first-order chi connectivity index (χ1) is 22.2. The second kappa shape index (κ2) is 29.4. The third-order valence-electron chi connectivity index (χ3n) is 7.48. The van der Waals surface area contributed by atoms with E-state index in [9.17, 15) is 24.0 Å². The van der Waals surface area contributed by atoms with Crippen molar-refractivity contribution in [2.24, 2.45) is 17.3 Å². The topological polar surface area (TPSA) is 154 Å². The van der Waals surface area contributed by atoms with Gasteiger partial charge in [0.1, 0.15) is 5.60 Å². The van der Waals surface area contributed by atoms with E-state index >= 15 is 0 Å². The molecule has 0 amide bonds. The molecule has 0 spiro atoms. The van der Waals surface area contributed by atoms with Crippen LogP contribution in [0.4, 0.5) is 0 Å². The number of thioether (sulfide) groups is 1. The van der Waals surface area contributed by atoms with Gasteiger partial charge in [-0.15, -0.1) is 0 Å². The number of hydrogen-bond acceptors (Lipinski definition) is 9. The van der Waals surface area contributed by atoms with Crippen LogP contribution in [0.25, 0.3) is 0 Å². The largest absolute Gasteiger partial charge is 0.481 e. The van der Waals surface area contributed by atoms with Gasteiger partial charge in [-0.05, 0) is 79.2 Å². The van der Waals surface area contributed by atoms with E-state index < -0.39 is 29.7 Å². The van der Waals surface area contributed by atoms with Crippen LogP contribution in [0.1, 0.15) is 146 Å². The summed E-state index contributed by atoms with van der Waals surface area (Å²) in [7, 11) is 0. The SMILES string of the molecule is C=C(C)C(=O)OCCCC(=O)OCCCCCCCCCCCCSC.CC(C(=O)O)C(C)C(=O)O.CCC(C)(C)C(=O)OC(C)(C)C. The second-order valence-corrected chi connectivity index (χ2v) is 14.7. The van der Waals surface area contributed by atoms with Crippen molar-refractivity contribution in [3.05, 3.63) is 12.2 Å². The number of carboxylic acids is 2. The van der Waals surface area contributed by atoms with Crippen LogP contribution in [0.2, 0.25) is 0 Å². The van der Waals surface area contributed by atoms with Gasteiger partial charge >= 0.3 is 29.8 Å². The molecule has 0 aromatic carbocycles. The molecular weight excluding hydrogens is 636 g/mol. The number of carbonyl (C=O) groups is 5. The van der Waals surface area contributed by atoms with Crippen LogP contribution in [0, 0.1) is 17.3 Å². The summed E-state index contributed by atoms with van der Waals surface area (Å²) in [6.45, 7) is 20.0. The Kier molecular flexibility index (Phi) is 30.5. The van der Waals surface area contributed by atoms with Gasteiger partial charge in [-0.3, -0.25) is 19.2 Å². The molecule has 48 heavy (non-hydrogen) atoms. The van der Waals surface area contributed by atoms with Crippen molar-refractivity contribution in [2.45, 2.75) is 151 Å². The van der Waals surface area contributed by atoms with Crippen molar-refractivity contribution < 1.29 is 48.4 Å². The lowest BCUT2D eigenvalue weighted by atomic mass is 9.90. The highest BCUT2D eigenvalue weighted by Gasteiger charge is 2.30. The molecule has 282 valence electrons. The zero-order chi connectivity index (χ0) is 37.8. The van der Waals surface area contributed by atoms with Gasteiger partial charge in [-0.25, -0.2) is 4.79 Å². The van der Waals surface area contributed by atoms with Crippen molar-refractivity contribution in [1.82, 2.24) is 0 Å². The molecule has 0 rings (SSSR count). The summed E-state index contributed by atoms with van der Waals surface area (Å²) in [6, 6.07) is 0. The maximum absolute atomic E-state index is 11.5. The van der Waals surface area contributed by atoms with E-state index in [1.54, 1.807) is 6.92 Å². The lowest BCUT2D eigenvalue weighted by molar-refractivity contribution is -0.165. The van der Waals surface area contributed by atoms with Crippen LogP contribution in [0.3, 0.4) is 0 Å². The summed E-state index contributed by atoms with van der Waals surface area (Å²) in [6.07, 6.45) is 16.5. The molecule has 2 N–H and O–H groups in total. The monoisotopic (exact) mass is 704 g/mol. The van der Waals surface area contributed by atoms with E-state index in [0.29, 0.717) is 25.0 Å². The predicted molar refractivity (Wildman–Crippen MR) is 194 cm³/mol. The van der Waals surface area contributed by atoms with E-state index in [2.05, 4.69) is 12.8 Å². The van der Waals surface area contributed by atoms with Gasteiger partial charge in [-0.1, -0.05) is 78.7 Å². The van der Waals surface area contributed by atoms with Crippen LogP contribution in [0.15, 0.2) is 12.2 Å². The molecular formula is C37H68O10S. The molecule has 0 aromatic heterocycles. The Hall–Kier alpha value is -2.56. The molecule has 0 heterocycles. The number of rotatable bonds is 23. The molecule has 0 aliphatic heterocycles. The van der Waals surface area contributed by atoms with E-state index in [1.807, 2.05) is 53.3 Å². The quantitative estimate of drug-likeness (QED) is 0.0454. The Bertz CT molecular complexity index is 906. The lowest BCUT2D eigenvalue weighted by Crippen LogP contribution is -2.33. The van der Waals surface area contributed by atoms with Gasteiger partial charge < -0.3 is 24.4 Å². The number of unbranched alkanes of at least 4 members (excludes halogenated alkanes) is 9. The Morgan fingerprint density at radius 1 is 0.708 bits per heavy atom. The Balaban J connectivity index is -0.000000755. The fraction of sp³-hybridized carbons (Fsp3) is 0.811. The molecule has 0 aliphatic carbocycles. The zero-order valence-electron chi connectivity index (χ0n) is 31.7. The molecule has 11 heteroatoms. The number of hydrogen-bond donors (Lipinski definition) is 2. The molecule has 0 aliphatic rings. The standard InChI is InChI=1S/C21H38O4S.C10H20O2.C6H10O4/c1-19(2)21(23)25-17-14-15-20(22)24-16-12-10-8-6-4-5-7-9-11-13-18-26-3;1-7-10(5,6)8(11)12-9(2,3)4;1-3(5(7)8)4(2)6(9)10/h1,4-18H2,2-3H3;7H2,1-6H3;3-4H,1-2H3,(H,7,8)(H,9,10). The maximum Gasteiger partial charge on any atom is 0.333 e. The molecule has 0 bridgehead atoms. The van der Waals surface area contributed by atoms with Gasteiger partial charge in [0.25, 0.3) is 0 Å². The zero-order valence-corrected chi connectivity index (χ0v) is 32.6. The molecule has 0 saturated heterocycles. The van der Waals surface area contributed by atoms with E-state index in [1.165, 1.54) is 71.0 Å². The molecule has 2 atom stereocenters. The normalized spacial score (nSPS) is 12.2. The van der Waals surface area contributed by atoms with Gasteiger partial charge in [0.05, 0.1) is 30.5 Å². The maximum atomic E-state index is 11.5. The number of carboxylic acid groups (broad SMARTS) is 2. The smallest absolute Gasteiger partial charge is 0.333 e. The minimum absolute atomic E-state index is 0.113. The average Bonchev–Trinajstić information content (AvgIpc) is 3.00. The first-order valence-electron chi connectivity index (χ1n) is 17.4. The molecule has 2 unspecified atom stereocenters. The average molecular weight is 705 g/mol. The first kappa shape index (κ1) is 49.8. The van der Waals surface area contributed by atoms with Crippen LogP contribution < -0.4 is 0 Å². The number of esters is 3. The lowest BCUT2D eigenvalue weighted by Gasteiger charge is -2.27. The van der Waals surface area contributed by atoms with Crippen LogP contribution in [0.5, 0.6) is 0 Å². The summed E-state index contributed by atoms with van der Waals surface area (Å²) in [5.74, 6) is -3.23. The Morgan fingerprint density at radius 2 is 1.12 bits per heavy atom. The number of ether oxygens (including phenoxy) is 3. The van der Waals surface area contributed by atoms with Crippen molar-refractivity contribution >= 4 is 41.6 Å². The van der Waals surface area contributed by atoms with Crippen molar-refractivity contribution in [1.29, 1.82) is 0 Å². The van der Waals surface area contributed by atoms with Gasteiger partial charge in [-0.2, -0.15) is 11.8 Å². The van der Waals surface area contributed by atoms with E-state index in [4.69, 9.17) is 24.4 Å². The first-order valence-corrected chi connectivity index (χ1v) is 18.8. The fourth-order valence-corrected chi connectivity index (χ4v) is 4.01. The van der Waals surface area contributed by atoms with Crippen molar-refractivity contribution in [3.63, 3.8) is 0 Å². The summed E-state index contributed by atoms with van der Waals surface area (Å²) < 4.78 is 15.4. The summed E-state index contributed by atoms with van der Waals surface area (Å²) in [4.78, 5) is 54.6. The molecule has 10 nitrogen and oxygen atoms in total. The van der Waals surface area contributed by atoms with Gasteiger partial charge in [0, 0.05) is 12.0 Å². The number of aliphatic carboxylic acids is 2. The van der Waals surface area contributed by atoms with Crippen molar-refractivity contribution in [3.8, 4) is 0 Å². The van der Waals surface area contributed by atoms with E-state index in [0.717, 1.165) is 19.3 Å². The second-order valence-electron chi connectivity index (χ2n) is 13.8. The third-order valence-corrected chi connectivity index (χ3v) is 8.17. The van der Waals surface area contributed by atoms with Gasteiger partial charge in [0.15, 0.2) is 0 Å². The van der Waals surface area contributed by atoms with Crippen LogP contribution in [-0.4, -0.2) is 70.9 Å². The van der Waals surface area contributed by atoms with Crippen LogP contribution >= 0.6 is 11.8 Å². The molecule has 0 saturated carbocycles.